The van der Waals surface area contributed by atoms with Crippen LogP contribution in [0.15, 0.2) is 18.2 Å². The summed E-state index contributed by atoms with van der Waals surface area (Å²) < 4.78 is 13.7. The molecule has 6 heteroatoms. The molecule has 4 unspecified atom stereocenters. The van der Waals surface area contributed by atoms with Gasteiger partial charge in [0.2, 0.25) is 11.8 Å². The summed E-state index contributed by atoms with van der Waals surface area (Å²) in [6.07, 6.45) is 5.48. The first-order valence-electron chi connectivity index (χ1n) is 12.3. The molecule has 1 aromatic heterocycles. The van der Waals surface area contributed by atoms with Crippen LogP contribution in [0, 0.1) is 23.7 Å². The maximum absolute atomic E-state index is 13.7. The van der Waals surface area contributed by atoms with Crippen molar-refractivity contribution in [2.24, 2.45) is 23.7 Å². The summed E-state index contributed by atoms with van der Waals surface area (Å²) in [6, 6.07) is 5.40. The van der Waals surface area contributed by atoms with Gasteiger partial charge in [-0.05, 0) is 49.1 Å². The van der Waals surface area contributed by atoms with E-state index in [9.17, 15) is 14.0 Å². The lowest BCUT2D eigenvalue weighted by Gasteiger charge is -2.31. The van der Waals surface area contributed by atoms with Crippen LogP contribution >= 0.6 is 0 Å². The number of halogens is 1. The van der Waals surface area contributed by atoms with Crippen molar-refractivity contribution in [2.75, 3.05) is 6.67 Å². The molecule has 32 heavy (non-hydrogen) atoms. The number of carbonyl (C=O) groups excluding carboxylic acids is 2. The Morgan fingerprint density at radius 3 is 2.31 bits per heavy atom. The van der Waals surface area contributed by atoms with Crippen LogP contribution in [0.1, 0.15) is 85.0 Å². The van der Waals surface area contributed by atoms with Crippen LogP contribution < -0.4 is 10.6 Å². The first kappa shape index (κ1) is 28.1. The Labute approximate surface area is 194 Å². The van der Waals surface area contributed by atoms with E-state index < -0.39 is 12.7 Å². The average molecular weight is 450 g/mol. The molecule has 1 heterocycles. The van der Waals surface area contributed by atoms with E-state index in [-0.39, 0.29) is 29.6 Å². The maximum atomic E-state index is 13.7. The first-order valence-corrected chi connectivity index (χ1v) is 12.3. The van der Waals surface area contributed by atoms with E-state index in [2.05, 4.69) is 45.3 Å². The molecular weight excluding hydrogens is 405 g/mol. The molecule has 0 aliphatic rings. The predicted molar refractivity (Wildman–Crippen MR) is 129 cm³/mol. The molecule has 0 aliphatic carbocycles. The summed E-state index contributed by atoms with van der Waals surface area (Å²) in [4.78, 5) is 28.9. The molecule has 1 aromatic rings. The van der Waals surface area contributed by atoms with Crippen molar-refractivity contribution in [3.63, 3.8) is 0 Å². The third-order valence-electron chi connectivity index (χ3n) is 6.27. The highest BCUT2D eigenvalue weighted by Gasteiger charge is 2.28. The van der Waals surface area contributed by atoms with E-state index in [0.29, 0.717) is 18.9 Å². The number of amides is 2. The molecule has 0 saturated carbocycles. The van der Waals surface area contributed by atoms with E-state index in [1.807, 2.05) is 18.2 Å². The molecule has 0 spiro atoms. The van der Waals surface area contributed by atoms with Crippen LogP contribution in [0.3, 0.4) is 0 Å². The zero-order chi connectivity index (χ0) is 24.1. The van der Waals surface area contributed by atoms with Gasteiger partial charge in [0.05, 0.1) is 18.3 Å². The average Bonchev–Trinajstić information content (AvgIpc) is 2.74. The Kier molecular flexibility index (Phi) is 13.1. The lowest BCUT2D eigenvalue weighted by atomic mass is 9.81. The highest BCUT2D eigenvalue weighted by Crippen LogP contribution is 2.26. The van der Waals surface area contributed by atoms with Crippen molar-refractivity contribution in [2.45, 2.75) is 92.7 Å². The van der Waals surface area contributed by atoms with Crippen LogP contribution in [0.5, 0.6) is 0 Å². The molecule has 4 atom stereocenters. The molecule has 2 N–H and O–H groups in total. The number of nitrogens with zero attached hydrogens (tertiary/aromatic N) is 1. The lowest BCUT2D eigenvalue weighted by molar-refractivity contribution is -0.126. The minimum atomic E-state index is -0.563. The summed E-state index contributed by atoms with van der Waals surface area (Å²) in [5.74, 6) is 0.440. The second-order valence-electron chi connectivity index (χ2n) is 9.43. The van der Waals surface area contributed by atoms with Crippen LogP contribution in [0.4, 0.5) is 4.39 Å². The number of alkyl halides is 1. The fourth-order valence-electron chi connectivity index (χ4n) is 4.45. The van der Waals surface area contributed by atoms with Crippen molar-refractivity contribution in [1.82, 2.24) is 15.6 Å². The second-order valence-corrected chi connectivity index (χ2v) is 9.43. The SMILES string of the molecule is CCCCC(C(C)Cc1cccc(CNC(=O)C(CCC)C(C)C)n1)C(CF)NC(C)=O. The lowest BCUT2D eigenvalue weighted by Crippen LogP contribution is -2.43. The largest absolute Gasteiger partial charge is 0.351 e. The van der Waals surface area contributed by atoms with Gasteiger partial charge >= 0.3 is 0 Å². The molecule has 0 fully saturated rings. The zero-order valence-corrected chi connectivity index (χ0v) is 20.9. The van der Waals surface area contributed by atoms with Gasteiger partial charge in [-0.2, -0.15) is 0 Å². The van der Waals surface area contributed by atoms with Gasteiger partial charge in [-0.15, -0.1) is 0 Å². The third-order valence-corrected chi connectivity index (χ3v) is 6.27. The molecule has 1 rings (SSSR count). The number of aromatic nitrogens is 1. The van der Waals surface area contributed by atoms with E-state index in [1.54, 1.807) is 0 Å². The van der Waals surface area contributed by atoms with Crippen molar-refractivity contribution in [1.29, 1.82) is 0 Å². The molecule has 0 bridgehead atoms. The molecule has 0 aliphatic heterocycles. The van der Waals surface area contributed by atoms with Crippen LogP contribution in [0.2, 0.25) is 0 Å². The zero-order valence-electron chi connectivity index (χ0n) is 20.9. The maximum Gasteiger partial charge on any atom is 0.223 e. The fourth-order valence-corrected chi connectivity index (χ4v) is 4.45. The second kappa shape index (κ2) is 15.0. The molecule has 2 amide bonds. The fraction of sp³-hybridized carbons (Fsp3) is 0.731. The van der Waals surface area contributed by atoms with E-state index in [4.69, 9.17) is 4.98 Å². The number of hydrogen-bond donors (Lipinski definition) is 2. The van der Waals surface area contributed by atoms with Gasteiger partial charge in [-0.3, -0.25) is 14.6 Å². The molecule has 0 radical (unpaired) electrons. The van der Waals surface area contributed by atoms with E-state index in [1.165, 1.54) is 6.92 Å². The number of pyridine rings is 1. The summed E-state index contributed by atoms with van der Waals surface area (Å²) in [5, 5.41) is 5.84. The van der Waals surface area contributed by atoms with Crippen molar-refractivity contribution >= 4 is 11.8 Å². The summed E-state index contributed by atoms with van der Waals surface area (Å²) in [5.41, 5.74) is 1.76. The van der Waals surface area contributed by atoms with Gasteiger partial charge in [0.15, 0.2) is 0 Å². The van der Waals surface area contributed by atoms with Gasteiger partial charge in [0.1, 0.15) is 6.67 Å². The molecule has 5 nitrogen and oxygen atoms in total. The highest BCUT2D eigenvalue weighted by molar-refractivity contribution is 5.78. The van der Waals surface area contributed by atoms with Crippen molar-refractivity contribution in [3.05, 3.63) is 29.6 Å². The van der Waals surface area contributed by atoms with Gasteiger partial charge in [0.25, 0.3) is 0 Å². The summed E-state index contributed by atoms with van der Waals surface area (Å²) >= 11 is 0. The minimum absolute atomic E-state index is 0.0222. The van der Waals surface area contributed by atoms with Crippen LogP contribution in [-0.4, -0.2) is 29.5 Å². The Morgan fingerprint density at radius 1 is 1.06 bits per heavy atom. The topological polar surface area (TPSA) is 71.1 Å². The molecule has 0 aromatic carbocycles. The number of hydrogen-bond acceptors (Lipinski definition) is 3. The normalized spacial score (nSPS) is 15.1. The smallest absolute Gasteiger partial charge is 0.223 e. The monoisotopic (exact) mass is 449 g/mol. The highest BCUT2D eigenvalue weighted by atomic mass is 19.1. The molecule has 182 valence electrons. The number of rotatable bonds is 15. The standard InChI is InChI=1S/C26H44FN3O2/c1-7-9-14-24(25(16-27)29-20(6)31)19(5)15-21-12-10-13-22(30-21)17-28-26(32)23(11-8-2)18(3)4/h10,12-13,18-19,23-25H,7-9,11,14-17H2,1-6H3,(H,28,32)(H,29,31). The number of unbranched alkanes of at least 4 members (excludes halogenated alkanes) is 1. The van der Waals surface area contributed by atoms with Gasteiger partial charge < -0.3 is 10.6 Å². The summed E-state index contributed by atoms with van der Waals surface area (Å²) in [6.45, 7) is 11.8. The first-order chi connectivity index (χ1) is 15.2. The summed E-state index contributed by atoms with van der Waals surface area (Å²) in [7, 11) is 0. The number of carbonyl (C=O) groups is 2. The molecular formula is C26H44FN3O2. The van der Waals surface area contributed by atoms with Crippen molar-refractivity contribution in [3.8, 4) is 0 Å². The van der Waals surface area contributed by atoms with Gasteiger partial charge in [-0.25, -0.2) is 4.39 Å². The Bertz CT molecular complexity index is 695. The van der Waals surface area contributed by atoms with E-state index in [0.717, 1.165) is 43.5 Å². The predicted octanol–water partition coefficient (Wildman–Crippen LogP) is 5.23. The van der Waals surface area contributed by atoms with Crippen molar-refractivity contribution < 1.29 is 14.0 Å². The quantitative estimate of drug-likeness (QED) is 0.385. The Hall–Kier alpha value is -1.98. The van der Waals surface area contributed by atoms with Crippen LogP contribution in [-0.2, 0) is 22.6 Å². The Balaban J connectivity index is 2.83. The molecule has 0 saturated heterocycles. The number of nitrogens with one attached hydrogen (secondary N) is 2. The third kappa shape index (κ3) is 9.66. The van der Waals surface area contributed by atoms with Gasteiger partial charge in [0, 0.05) is 18.5 Å². The Morgan fingerprint density at radius 2 is 1.75 bits per heavy atom. The van der Waals surface area contributed by atoms with E-state index >= 15 is 0 Å². The van der Waals surface area contributed by atoms with Gasteiger partial charge in [-0.1, -0.05) is 59.9 Å². The van der Waals surface area contributed by atoms with Crippen LogP contribution in [0.25, 0.3) is 0 Å². The minimum Gasteiger partial charge on any atom is -0.351 e.